The molecule has 0 saturated carbocycles. The van der Waals surface area contributed by atoms with Crippen LogP contribution >= 0.6 is 0 Å². The van der Waals surface area contributed by atoms with Crippen molar-refractivity contribution in [3.8, 4) is 0 Å². The Kier molecular flexibility index (Phi) is 6.84. The molecular formula is C26H27N3O3. The van der Waals surface area contributed by atoms with Crippen molar-refractivity contribution in [2.45, 2.75) is 26.4 Å². The molecule has 0 radical (unpaired) electrons. The van der Waals surface area contributed by atoms with E-state index in [0.717, 1.165) is 48.7 Å². The lowest BCUT2D eigenvalue weighted by molar-refractivity contribution is -0.124. The molecule has 0 unspecified atom stereocenters. The van der Waals surface area contributed by atoms with E-state index in [1.54, 1.807) is 11.6 Å². The number of hydrogen-bond acceptors (Lipinski definition) is 4. The van der Waals surface area contributed by atoms with Crippen molar-refractivity contribution >= 4 is 22.9 Å². The lowest BCUT2D eigenvalue weighted by Crippen LogP contribution is -2.25. The van der Waals surface area contributed by atoms with Crippen molar-refractivity contribution in [2.75, 3.05) is 6.54 Å². The fourth-order valence-electron chi connectivity index (χ4n) is 3.82. The zero-order valence-electron chi connectivity index (χ0n) is 18.0. The summed E-state index contributed by atoms with van der Waals surface area (Å²) < 4.78 is 5.83. The highest BCUT2D eigenvalue weighted by atomic mass is 16.5. The standard InChI is InChI=1S/C26H27N3O3/c1-19-6-12-23(32-19)18-29(15-14-22-16-27-25-5-3-2-4-24(22)25)17-21-9-7-20(8-10-21)11-13-26(30)28-31/h2-13,16,27,31H,14-15,17-18H2,1H3,(H,28,30). The summed E-state index contributed by atoms with van der Waals surface area (Å²) in [6.07, 6.45) is 5.99. The molecular weight excluding hydrogens is 402 g/mol. The van der Waals surface area contributed by atoms with Crippen molar-refractivity contribution in [1.82, 2.24) is 15.4 Å². The Bertz CT molecular complexity index is 1200. The van der Waals surface area contributed by atoms with E-state index in [1.807, 2.05) is 37.3 Å². The van der Waals surface area contributed by atoms with Gasteiger partial charge in [-0.3, -0.25) is 14.9 Å². The van der Waals surface area contributed by atoms with E-state index in [-0.39, 0.29) is 0 Å². The van der Waals surface area contributed by atoms with Crippen LogP contribution in [0.4, 0.5) is 0 Å². The number of carbonyl (C=O) groups is 1. The molecule has 0 atom stereocenters. The van der Waals surface area contributed by atoms with Gasteiger partial charge in [-0.2, -0.15) is 0 Å². The molecule has 4 aromatic rings. The Hall–Kier alpha value is -3.61. The number of carbonyl (C=O) groups excluding carboxylic acids is 1. The van der Waals surface area contributed by atoms with Gasteiger partial charge in [0.05, 0.1) is 6.54 Å². The summed E-state index contributed by atoms with van der Waals surface area (Å²) in [5, 5.41) is 9.86. The summed E-state index contributed by atoms with van der Waals surface area (Å²) in [6.45, 7) is 4.36. The van der Waals surface area contributed by atoms with Crippen LogP contribution in [-0.2, 0) is 24.3 Å². The van der Waals surface area contributed by atoms with Crippen molar-refractivity contribution in [3.63, 3.8) is 0 Å². The molecule has 0 spiro atoms. The van der Waals surface area contributed by atoms with Crippen LogP contribution in [0.3, 0.4) is 0 Å². The molecule has 2 heterocycles. The van der Waals surface area contributed by atoms with Gasteiger partial charge in [0.25, 0.3) is 5.91 Å². The van der Waals surface area contributed by atoms with Gasteiger partial charge in [0.1, 0.15) is 11.5 Å². The molecule has 0 fully saturated rings. The van der Waals surface area contributed by atoms with Gasteiger partial charge in [-0.15, -0.1) is 0 Å². The average Bonchev–Trinajstić information content (AvgIpc) is 3.42. The number of fused-ring (bicyclic) bond motifs is 1. The molecule has 0 bridgehead atoms. The van der Waals surface area contributed by atoms with Crippen LogP contribution < -0.4 is 5.48 Å². The molecule has 2 aromatic heterocycles. The zero-order chi connectivity index (χ0) is 22.3. The monoisotopic (exact) mass is 429 g/mol. The number of H-pyrrole nitrogens is 1. The van der Waals surface area contributed by atoms with Gasteiger partial charge in [0, 0.05) is 36.3 Å². The summed E-state index contributed by atoms with van der Waals surface area (Å²) >= 11 is 0. The summed E-state index contributed by atoms with van der Waals surface area (Å²) in [5.41, 5.74) is 6.13. The summed E-state index contributed by atoms with van der Waals surface area (Å²) in [5.74, 6) is 1.32. The number of nitrogens with one attached hydrogen (secondary N) is 2. The molecule has 1 amide bonds. The number of aryl methyl sites for hydroxylation is 1. The van der Waals surface area contributed by atoms with E-state index in [1.165, 1.54) is 22.6 Å². The molecule has 164 valence electrons. The fourth-order valence-corrected chi connectivity index (χ4v) is 3.82. The molecule has 0 saturated heterocycles. The third-order valence-corrected chi connectivity index (χ3v) is 5.47. The average molecular weight is 430 g/mol. The Morgan fingerprint density at radius 1 is 1.09 bits per heavy atom. The van der Waals surface area contributed by atoms with E-state index in [4.69, 9.17) is 9.62 Å². The Morgan fingerprint density at radius 3 is 2.66 bits per heavy atom. The minimum absolute atomic E-state index is 0.550. The summed E-state index contributed by atoms with van der Waals surface area (Å²) in [4.78, 5) is 16.9. The first-order chi connectivity index (χ1) is 15.6. The van der Waals surface area contributed by atoms with E-state index in [9.17, 15) is 4.79 Å². The minimum Gasteiger partial charge on any atom is -0.465 e. The Balaban J connectivity index is 1.46. The largest absolute Gasteiger partial charge is 0.465 e. The number of amides is 1. The van der Waals surface area contributed by atoms with Crippen LogP contribution in [0, 0.1) is 6.92 Å². The molecule has 2 aromatic carbocycles. The number of hydroxylamine groups is 1. The summed E-state index contributed by atoms with van der Waals surface area (Å²) in [6, 6.07) is 20.5. The van der Waals surface area contributed by atoms with Gasteiger partial charge in [0.15, 0.2) is 0 Å². The maximum Gasteiger partial charge on any atom is 0.267 e. The minimum atomic E-state index is -0.550. The van der Waals surface area contributed by atoms with E-state index < -0.39 is 5.91 Å². The number of hydrogen-bond donors (Lipinski definition) is 3. The maximum atomic E-state index is 11.2. The molecule has 0 aliphatic carbocycles. The van der Waals surface area contributed by atoms with Gasteiger partial charge in [-0.05, 0) is 54.3 Å². The smallest absolute Gasteiger partial charge is 0.267 e. The molecule has 4 rings (SSSR count). The van der Waals surface area contributed by atoms with E-state index in [0.29, 0.717) is 0 Å². The van der Waals surface area contributed by atoms with Crippen molar-refractivity contribution in [1.29, 1.82) is 0 Å². The third kappa shape index (κ3) is 5.55. The predicted octanol–water partition coefficient (Wildman–Crippen LogP) is 4.83. The quantitative estimate of drug-likeness (QED) is 0.202. The van der Waals surface area contributed by atoms with Crippen LogP contribution in [0.1, 0.15) is 28.2 Å². The lowest BCUT2D eigenvalue weighted by Gasteiger charge is -2.21. The van der Waals surface area contributed by atoms with Crippen LogP contribution in [0.25, 0.3) is 17.0 Å². The fraction of sp³-hybridized carbons (Fsp3) is 0.192. The number of rotatable bonds is 9. The SMILES string of the molecule is Cc1ccc(CN(CCc2c[nH]c3ccccc23)Cc2ccc(C=CC(=O)NO)cc2)o1. The highest BCUT2D eigenvalue weighted by Crippen LogP contribution is 2.20. The lowest BCUT2D eigenvalue weighted by atomic mass is 10.1. The van der Waals surface area contributed by atoms with Gasteiger partial charge in [-0.25, -0.2) is 5.48 Å². The second kappa shape index (κ2) is 10.1. The van der Waals surface area contributed by atoms with E-state index in [2.05, 4.69) is 46.4 Å². The van der Waals surface area contributed by atoms with Crippen molar-refractivity contribution in [3.05, 3.63) is 101 Å². The topological polar surface area (TPSA) is 81.5 Å². The number of aromatic amines is 1. The first-order valence-corrected chi connectivity index (χ1v) is 10.6. The zero-order valence-corrected chi connectivity index (χ0v) is 18.0. The number of furan rings is 1. The highest BCUT2D eigenvalue weighted by Gasteiger charge is 2.12. The van der Waals surface area contributed by atoms with Gasteiger partial charge >= 0.3 is 0 Å². The van der Waals surface area contributed by atoms with E-state index >= 15 is 0 Å². The molecule has 6 heteroatoms. The third-order valence-electron chi connectivity index (χ3n) is 5.47. The molecule has 0 aliphatic rings. The molecule has 6 nitrogen and oxygen atoms in total. The van der Waals surface area contributed by atoms with Gasteiger partial charge < -0.3 is 9.40 Å². The Labute approximate surface area is 187 Å². The summed E-state index contributed by atoms with van der Waals surface area (Å²) in [7, 11) is 0. The molecule has 32 heavy (non-hydrogen) atoms. The molecule has 0 aliphatic heterocycles. The Morgan fingerprint density at radius 2 is 1.91 bits per heavy atom. The number of benzene rings is 2. The second-order valence-electron chi connectivity index (χ2n) is 7.88. The van der Waals surface area contributed by atoms with Crippen molar-refractivity contribution < 1.29 is 14.4 Å². The van der Waals surface area contributed by atoms with Gasteiger partial charge in [0.2, 0.25) is 0 Å². The second-order valence-corrected chi connectivity index (χ2v) is 7.88. The number of aromatic nitrogens is 1. The number of para-hydroxylation sites is 1. The van der Waals surface area contributed by atoms with Crippen LogP contribution in [0.2, 0.25) is 0 Å². The van der Waals surface area contributed by atoms with Crippen molar-refractivity contribution in [2.24, 2.45) is 0 Å². The highest BCUT2D eigenvalue weighted by molar-refractivity contribution is 5.90. The first-order valence-electron chi connectivity index (χ1n) is 10.6. The first kappa shape index (κ1) is 21.6. The molecule has 3 N–H and O–H groups in total. The van der Waals surface area contributed by atoms with Crippen LogP contribution in [0.5, 0.6) is 0 Å². The maximum absolute atomic E-state index is 11.2. The predicted molar refractivity (Wildman–Crippen MR) is 125 cm³/mol. The van der Waals surface area contributed by atoms with Crippen LogP contribution in [-0.4, -0.2) is 27.5 Å². The van der Waals surface area contributed by atoms with Gasteiger partial charge in [-0.1, -0.05) is 42.5 Å². The normalized spacial score (nSPS) is 11.6. The number of nitrogens with zero attached hydrogens (tertiary/aromatic N) is 1. The van der Waals surface area contributed by atoms with Crippen LogP contribution in [0.15, 0.2) is 77.4 Å².